The number of benzene rings is 1. The average Bonchev–Trinajstić information content (AvgIpc) is 2.77. The largest absolute Gasteiger partial charge is 0.404 e. The monoisotopic (exact) mass is 459 g/mol. The SMILES string of the molecule is CC/C=C(\NCc1ccc(Cl)c(Cl)c1)NC(=O)C(=NCCc1ccccn1)C(C)=CN. The van der Waals surface area contributed by atoms with Gasteiger partial charge in [0.25, 0.3) is 5.91 Å². The third-order valence-electron chi connectivity index (χ3n) is 4.33. The first kappa shape index (κ1) is 24.4. The molecule has 1 heterocycles. The topological polar surface area (TPSA) is 92.4 Å². The van der Waals surface area contributed by atoms with E-state index in [2.05, 4.69) is 20.6 Å². The smallest absolute Gasteiger partial charge is 0.275 e. The van der Waals surface area contributed by atoms with Crippen molar-refractivity contribution in [1.29, 1.82) is 0 Å². The number of rotatable bonds is 10. The average molecular weight is 460 g/mol. The highest BCUT2D eigenvalue weighted by Crippen LogP contribution is 2.22. The number of halogens is 2. The molecule has 1 aromatic heterocycles. The lowest BCUT2D eigenvalue weighted by Gasteiger charge is -2.14. The third-order valence-corrected chi connectivity index (χ3v) is 5.07. The van der Waals surface area contributed by atoms with Gasteiger partial charge in [0.1, 0.15) is 11.5 Å². The van der Waals surface area contributed by atoms with Crippen LogP contribution in [0, 0.1) is 0 Å². The number of nitrogens with two attached hydrogens (primary N) is 1. The van der Waals surface area contributed by atoms with Gasteiger partial charge < -0.3 is 16.4 Å². The first-order chi connectivity index (χ1) is 14.9. The second kappa shape index (κ2) is 12.8. The molecule has 1 aromatic carbocycles. The highest BCUT2D eigenvalue weighted by molar-refractivity contribution is 6.45. The number of allylic oxidation sites excluding steroid dienone is 1. The highest BCUT2D eigenvalue weighted by atomic mass is 35.5. The molecule has 0 spiro atoms. The van der Waals surface area contributed by atoms with Crippen molar-refractivity contribution in [2.24, 2.45) is 10.7 Å². The Morgan fingerprint density at radius 3 is 2.68 bits per heavy atom. The van der Waals surface area contributed by atoms with Crippen molar-refractivity contribution < 1.29 is 4.79 Å². The van der Waals surface area contributed by atoms with E-state index in [9.17, 15) is 4.79 Å². The summed E-state index contributed by atoms with van der Waals surface area (Å²) in [6.45, 7) is 4.64. The fourth-order valence-electron chi connectivity index (χ4n) is 2.68. The summed E-state index contributed by atoms with van der Waals surface area (Å²) >= 11 is 12.0. The Morgan fingerprint density at radius 1 is 1.23 bits per heavy atom. The van der Waals surface area contributed by atoms with Crippen LogP contribution in [0.25, 0.3) is 0 Å². The quantitative estimate of drug-likeness (QED) is 0.459. The Morgan fingerprint density at radius 2 is 2.03 bits per heavy atom. The van der Waals surface area contributed by atoms with Crippen LogP contribution in [0.15, 0.2) is 71.3 Å². The van der Waals surface area contributed by atoms with Crippen molar-refractivity contribution in [2.45, 2.75) is 33.2 Å². The molecule has 31 heavy (non-hydrogen) atoms. The minimum atomic E-state index is -0.332. The second-order valence-electron chi connectivity index (χ2n) is 6.73. The van der Waals surface area contributed by atoms with E-state index in [1.165, 1.54) is 6.20 Å². The molecular formula is C23H27Cl2N5O. The van der Waals surface area contributed by atoms with E-state index in [1.807, 2.05) is 37.3 Å². The molecule has 0 atom stereocenters. The molecule has 0 aliphatic rings. The lowest BCUT2D eigenvalue weighted by atomic mass is 10.1. The van der Waals surface area contributed by atoms with Crippen molar-refractivity contribution in [3.8, 4) is 0 Å². The molecule has 1 amide bonds. The van der Waals surface area contributed by atoms with E-state index in [4.69, 9.17) is 28.9 Å². The maximum Gasteiger partial charge on any atom is 0.275 e. The highest BCUT2D eigenvalue weighted by Gasteiger charge is 2.15. The Hall–Kier alpha value is -2.83. The van der Waals surface area contributed by atoms with Gasteiger partial charge >= 0.3 is 0 Å². The molecular weight excluding hydrogens is 433 g/mol. The number of carbonyl (C=O) groups excluding carboxylic acids is 1. The minimum absolute atomic E-state index is 0.289. The van der Waals surface area contributed by atoms with Crippen LogP contribution in [-0.4, -0.2) is 23.1 Å². The van der Waals surface area contributed by atoms with Crippen LogP contribution in [0.2, 0.25) is 10.0 Å². The molecule has 0 aliphatic carbocycles. The van der Waals surface area contributed by atoms with Gasteiger partial charge in [0.05, 0.1) is 10.0 Å². The molecule has 8 heteroatoms. The fraction of sp³-hybridized carbons (Fsp3) is 0.261. The lowest BCUT2D eigenvalue weighted by molar-refractivity contribution is -0.114. The number of aliphatic imine (C=N–C) groups is 1. The zero-order valence-corrected chi connectivity index (χ0v) is 19.2. The van der Waals surface area contributed by atoms with Crippen LogP contribution in [-0.2, 0) is 17.8 Å². The summed E-state index contributed by atoms with van der Waals surface area (Å²) in [6.07, 6.45) is 6.37. The summed E-state index contributed by atoms with van der Waals surface area (Å²) in [6, 6.07) is 11.1. The Kier molecular flexibility index (Phi) is 10.1. The van der Waals surface area contributed by atoms with Gasteiger partial charge in [-0.25, -0.2) is 0 Å². The van der Waals surface area contributed by atoms with Crippen LogP contribution >= 0.6 is 23.2 Å². The molecule has 0 fully saturated rings. The molecule has 0 bridgehead atoms. The van der Waals surface area contributed by atoms with E-state index < -0.39 is 0 Å². The van der Waals surface area contributed by atoms with Crippen molar-refractivity contribution >= 4 is 34.8 Å². The summed E-state index contributed by atoms with van der Waals surface area (Å²) in [4.78, 5) is 21.7. The van der Waals surface area contributed by atoms with E-state index in [0.717, 1.165) is 17.7 Å². The Labute approximate surface area is 193 Å². The predicted octanol–water partition coefficient (Wildman–Crippen LogP) is 4.39. The van der Waals surface area contributed by atoms with Crippen molar-refractivity contribution in [3.05, 3.63) is 87.6 Å². The molecule has 164 valence electrons. The standard InChI is InChI=1S/C23H27Cl2N5O/c1-3-6-21(29-15-17-8-9-19(24)20(25)13-17)30-23(31)22(16(2)14-26)28-12-10-18-7-4-5-11-27-18/h4-9,11,13-14,29H,3,10,12,15,26H2,1-2H3,(H,30,31)/b16-14?,21-6+,28-22?. The van der Waals surface area contributed by atoms with Crippen LogP contribution in [0.3, 0.4) is 0 Å². The van der Waals surface area contributed by atoms with Gasteiger partial charge in [-0.3, -0.25) is 14.8 Å². The number of nitrogens with one attached hydrogen (secondary N) is 2. The second-order valence-corrected chi connectivity index (χ2v) is 7.55. The summed E-state index contributed by atoms with van der Waals surface area (Å²) in [5.74, 6) is 0.252. The minimum Gasteiger partial charge on any atom is -0.404 e. The molecule has 2 rings (SSSR count). The fourth-order valence-corrected chi connectivity index (χ4v) is 3.00. The zero-order valence-electron chi connectivity index (χ0n) is 17.7. The number of hydrogen-bond donors (Lipinski definition) is 3. The number of hydrogen-bond acceptors (Lipinski definition) is 5. The summed E-state index contributed by atoms with van der Waals surface area (Å²) in [5.41, 5.74) is 8.39. The van der Waals surface area contributed by atoms with Gasteiger partial charge in [0, 0.05) is 31.4 Å². The number of aromatic nitrogens is 1. The molecule has 0 unspecified atom stereocenters. The molecule has 0 aliphatic heterocycles. The van der Waals surface area contributed by atoms with Crippen LogP contribution < -0.4 is 16.4 Å². The zero-order chi connectivity index (χ0) is 22.6. The van der Waals surface area contributed by atoms with Gasteiger partial charge in [-0.05, 0) is 61.0 Å². The predicted molar refractivity (Wildman–Crippen MR) is 128 cm³/mol. The van der Waals surface area contributed by atoms with E-state index >= 15 is 0 Å². The van der Waals surface area contributed by atoms with Gasteiger partial charge in [-0.15, -0.1) is 0 Å². The van der Waals surface area contributed by atoms with Crippen molar-refractivity contribution in [3.63, 3.8) is 0 Å². The maximum absolute atomic E-state index is 12.9. The molecule has 4 N–H and O–H groups in total. The molecule has 6 nitrogen and oxygen atoms in total. The van der Waals surface area contributed by atoms with Gasteiger partial charge in [0.15, 0.2) is 0 Å². The molecule has 0 saturated heterocycles. The summed E-state index contributed by atoms with van der Waals surface area (Å²) in [5, 5.41) is 7.09. The third kappa shape index (κ3) is 8.07. The van der Waals surface area contributed by atoms with Gasteiger partial charge in [0.2, 0.25) is 0 Å². The first-order valence-corrected chi connectivity index (χ1v) is 10.7. The number of carbonyl (C=O) groups is 1. The van der Waals surface area contributed by atoms with Crippen molar-refractivity contribution in [1.82, 2.24) is 15.6 Å². The van der Waals surface area contributed by atoms with E-state index in [1.54, 1.807) is 25.3 Å². The Balaban J connectivity index is 2.06. The summed E-state index contributed by atoms with van der Waals surface area (Å²) < 4.78 is 0. The molecule has 0 saturated carbocycles. The van der Waals surface area contributed by atoms with E-state index in [-0.39, 0.29) is 11.6 Å². The van der Waals surface area contributed by atoms with Gasteiger partial charge in [-0.1, -0.05) is 42.3 Å². The summed E-state index contributed by atoms with van der Waals surface area (Å²) in [7, 11) is 0. The lowest BCUT2D eigenvalue weighted by Crippen LogP contribution is -2.36. The number of nitrogens with zero attached hydrogens (tertiary/aromatic N) is 2. The normalized spacial score (nSPS) is 12.6. The first-order valence-electron chi connectivity index (χ1n) is 9.97. The molecule has 2 aromatic rings. The van der Waals surface area contributed by atoms with Crippen LogP contribution in [0.4, 0.5) is 0 Å². The molecule has 0 radical (unpaired) electrons. The van der Waals surface area contributed by atoms with Gasteiger partial charge in [-0.2, -0.15) is 0 Å². The number of pyridine rings is 1. The van der Waals surface area contributed by atoms with Crippen LogP contribution in [0.1, 0.15) is 31.5 Å². The Bertz CT molecular complexity index is 971. The number of amides is 1. The van der Waals surface area contributed by atoms with Crippen LogP contribution in [0.5, 0.6) is 0 Å². The van der Waals surface area contributed by atoms with Crippen molar-refractivity contribution in [2.75, 3.05) is 6.54 Å². The van der Waals surface area contributed by atoms with E-state index in [0.29, 0.717) is 40.9 Å². The maximum atomic E-state index is 12.9.